The number of carbonyl (C=O) groups is 1. The number of carbonyl (C=O) groups excluding carboxylic acids is 1. The zero-order valence-corrected chi connectivity index (χ0v) is 14.2. The van der Waals surface area contributed by atoms with E-state index in [-0.39, 0.29) is 5.91 Å². The summed E-state index contributed by atoms with van der Waals surface area (Å²) in [5.74, 6) is -0.375. The van der Waals surface area contributed by atoms with Crippen LogP contribution in [0, 0.1) is 0 Å². The first kappa shape index (κ1) is 17.2. The van der Waals surface area contributed by atoms with Crippen molar-refractivity contribution in [3.8, 4) is 0 Å². The van der Waals surface area contributed by atoms with E-state index in [9.17, 15) is 13.2 Å². The van der Waals surface area contributed by atoms with Crippen molar-refractivity contribution in [2.24, 2.45) is 0 Å². The Morgan fingerprint density at radius 1 is 0.913 bits per heavy atom. The Bertz CT molecular complexity index is 701. The van der Waals surface area contributed by atoms with Crippen LogP contribution in [0.25, 0.3) is 0 Å². The maximum absolute atomic E-state index is 12.6. The monoisotopic (exact) mass is 331 g/mol. The van der Waals surface area contributed by atoms with Gasteiger partial charge in [0, 0.05) is 19.3 Å². The molecule has 1 amide bonds. The molecule has 2 aromatic rings. The van der Waals surface area contributed by atoms with Gasteiger partial charge in [0.15, 0.2) is 9.84 Å². The number of hydrogen-bond donors (Lipinski definition) is 0. The molecule has 0 aliphatic carbocycles. The van der Waals surface area contributed by atoms with E-state index in [1.165, 1.54) is 6.92 Å². The zero-order chi connectivity index (χ0) is 16.9. The van der Waals surface area contributed by atoms with E-state index in [0.29, 0.717) is 13.1 Å². The van der Waals surface area contributed by atoms with Gasteiger partial charge in [0.25, 0.3) is 0 Å². The molecular weight excluding hydrogens is 310 g/mol. The van der Waals surface area contributed by atoms with Crippen molar-refractivity contribution in [1.29, 1.82) is 0 Å². The minimum Gasteiger partial charge on any atom is -0.333 e. The number of hydrogen-bond acceptors (Lipinski definition) is 3. The van der Waals surface area contributed by atoms with Gasteiger partial charge in [0.2, 0.25) is 5.91 Å². The van der Waals surface area contributed by atoms with Crippen LogP contribution in [0.15, 0.2) is 60.7 Å². The van der Waals surface area contributed by atoms with E-state index < -0.39 is 15.1 Å². The molecule has 0 unspecified atom stereocenters. The summed E-state index contributed by atoms with van der Waals surface area (Å²) in [6, 6.07) is 19.1. The van der Waals surface area contributed by atoms with Gasteiger partial charge in [0.1, 0.15) is 5.25 Å². The van der Waals surface area contributed by atoms with Gasteiger partial charge in [-0.3, -0.25) is 4.79 Å². The van der Waals surface area contributed by atoms with Crippen molar-refractivity contribution in [2.75, 3.05) is 6.26 Å². The minimum absolute atomic E-state index is 0.375. The lowest BCUT2D eigenvalue weighted by Gasteiger charge is -2.25. The summed E-state index contributed by atoms with van der Waals surface area (Å²) in [4.78, 5) is 14.2. The van der Waals surface area contributed by atoms with Crippen LogP contribution in [0.3, 0.4) is 0 Å². The Balaban J connectivity index is 2.25. The van der Waals surface area contributed by atoms with Gasteiger partial charge in [-0.2, -0.15) is 0 Å². The van der Waals surface area contributed by atoms with Gasteiger partial charge in [-0.1, -0.05) is 60.7 Å². The minimum atomic E-state index is -3.42. The Morgan fingerprint density at radius 3 is 1.65 bits per heavy atom. The summed E-state index contributed by atoms with van der Waals surface area (Å²) in [6.45, 7) is 2.21. The third kappa shape index (κ3) is 4.93. The summed E-state index contributed by atoms with van der Waals surface area (Å²) in [5, 5.41) is -1.05. The van der Waals surface area contributed by atoms with Crippen molar-refractivity contribution >= 4 is 15.7 Å². The second-order valence-corrected chi connectivity index (χ2v) is 8.00. The first-order valence-electron chi connectivity index (χ1n) is 7.43. The third-order valence-electron chi connectivity index (χ3n) is 3.73. The van der Waals surface area contributed by atoms with Crippen molar-refractivity contribution < 1.29 is 13.2 Å². The summed E-state index contributed by atoms with van der Waals surface area (Å²) in [7, 11) is -3.42. The lowest BCUT2D eigenvalue weighted by atomic mass is 10.1. The number of nitrogens with zero attached hydrogens (tertiary/aromatic N) is 1. The Hall–Kier alpha value is -2.14. The summed E-state index contributed by atoms with van der Waals surface area (Å²) in [6.07, 6.45) is 1.10. The topological polar surface area (TPSA) is 54.5 Å². The van der Waals surface area contributed by atoms with E-state index in [0.717, 1.165) is 17.4 Å². The van der Waals surface area contributed by atoms with Gasteiger partial charge in [0.05, 0.1) is 0 Å². The summed E-state index contributed by atoms with van der Waals surface area (Å²) >= 11 is 0. The van der Waals surface area contributed by atoms with Crippen LogP contribution in [0.2, 0.25) is 0 Å². The first-order chi connectivity index (χ1) is 10.9. The standard InChI is InChI=1S/C18H21NO3S/c1-15(23(2,21)22)18(20)19(13-16-9-5-3-6-10-16)14-17-11-7-4-8-12-17/h3-12,15H,13-14H2,1-2H3/t15-/m0/s1. The molecule has 0 bridgehead atoms. The molecule has 1 atom stereocenters. The molecule has 23 heavy (non-hydrogen) atoms. The lowest BCUT2D eigenvalue weighted by molar-refractivity contribution is -0.131. The predicted molar refractivity (Wildman–Crippen MR) is 91.4 cm³/mol. The van der Waals surface area contributed by atoms with Crippen LogP contribution in [0.4, 0.5) is 0 Å². The van der Waals surface area contributed by atoms with E-state index in [2.05, 4.69) is 0 Å². The molecule has 0 aliphatic rings. The van der Waals surface area contributed by atoms with Crippen LogP contribution >= 0.6 is 0 Å². The van der Waals surface area contributed by atoms with E-state index in [1.807, 2.05) is 60.7 Å². The Labute approximate surface area is 137 Å². The quantitative estimate of drug-likeness (QED) is 0.818. The van der Waals surface area contributed by atoms with Crippen molar-refractivity contribution in [3.63, 3.8) is 0 Å². The highest BCUT2D eigenvalue weighted by Gasteiger charge is 2.28. The molecule has 0 aromatic heterocycles. The first-order valence-corrected chi connectivity index (χ1v) is 9.39. The van der Waals surface area contributed by atoms with Crippen molar-refractivity contribution in [3.05, 3.63) is 71.8 Å². The number of benzene rings is 2. The molecule has 2 aromatic carbocycles. The van der Waals surface area contributed by atoms with Crippen LogP contribution in [0.1, 0.15) is 18.1 Å². The van der Waals surface area contributed by atoms with Gasteiger partial charge in [-0.05, 0) is 18.1 Å². The van der Waals surface area contributed by atoms with Gasteiger partial charge in [-0.15, -0.1) is 0 Å². The predicted octanol–water partition coefficient (Wildman–Crippen LogP) is 2.65. The molecule has 0 radical (unpaired) electrons. The molecule has 0 fully saturated rings. The molecule has 2 rings (SSSR count). The second-order valence-electron chi connectivity index (χ2n) is 5.64. The highest BCUT2D eigenvalue weighted by atomic mass is 32.2. The molecule has 4 nitrogen and oxygen atoms in total. The van der Waals surface area contributed by atoms with Gasteiger partial charge < -0.3 is 4.90 Å². The number of sulfone groups is 1. The molecular formula is C18H21NO3S. The Kier molecular flexibility index (Phi) is 5.55. The highest BCUT2D eigenvalue weighted by Crippen LogP contribution is 2.14. The van der Waals surface area contributed by atoms with Gasteiger partial charge >= 0.3 is 0 Å². The molecule has 0 saturated carbocycles. The van der Waals surface area contributed by atoms with E-state index in [1.54, 1.807) is 4.90 Å². The summed E-state index contributed by atoms with van der Waals surface area (Å²) < 4.78 is 23.5. The third-order valence-corrected chi connectivity index (χ3v) is 5.22. The highest BCUT2D eigenvalue weighted by molar-refractivity contribution is 7.92. The lowest BCUT2D eigenvalue weighted by Crippen LogP contribution is -2.40. The van der Waals surface area contributed by atoms with Gasteiger partial charge in [-0.25, -0.2) is 8.42 Å². The van der Waals surface area contributed by atoms with Crippen LogP contribution < -0.4 is 0 Å². The average Bonchev–Trinajstić information content (AvgIpc) is 2.54. The maximum atomic E-state index is 12.6. The summed E-state index contributed by atoms with van der Waals surface area (Å²) in [5.41, 5.74) is 1.94. The molecule has 5 heteroatoms. The smallest absolute Gasteiger partial charge is 0.241 e. The van der Waals surface area contributed by atoms with Crippen molar-refractivity contribution in [2.45, 2.75) is 25.3 Å². The zero-order valence-electron chi connectivity index (χ0n) is 13.3. The molecule has 0 N–H and O–H groups in total. The fourth-order valence-electron chi connectivity index (χ4n) is 2.26. The molecule has 122 valence electrons. The van der Waals surface area contributed by atoms with Crippen molar-refractivity contribution in [1.82, 2.24) is 4.90 Å². The average molecular weight is 331 g/mol. The second kappa shape index (κ2) is 7.42. The fourth-order valence-corrected chi connectivity index (χ4v) is 2.77. The van der Waals surface area contributed by atoms with Crippen LogP contribution in [-0.4, -0.2) is 30.7 Å². The van der Waals surface area contributed by atoms with Crippen LogP contribution in [0.5, 0.6) is 0 Å². The Morgan fingerprint density at radius 2 is 1.30 bits per heavy atom. The number of rotatable bonds is 6. The SMILES string of the molecule is C[C@@H](C(=O)N(Cc1ccccc1)Cc1ccccc1)S(C)(=O)=O. The largest absolute Gasteiger partial charge is 0.333 e. The van der Waals surface area contributed by atoms with E-state index in [4.69, 9.17) is 0 Å². The fraction of sp³-hybridized carbons (Fsp3) is 0.278. The molecule has 0 spiro atoms. The molecule has 0 heterocycles. The molecule has 0 aliphatic heterocycles. The number of amides is 1. The maximum Gasteiger partial charge on any atom is 0.241 e. The van der Waals surface area contributed by atoms with E-state index >= 15 is 0 Å². The molecule has 0 saturated heterocycles. The van der Waals surface area contributed by atoms with Crippen LogP contribution in [-0.2, 0) is 27.7 Å². The normalized spacial score (nSPS) is 12.6.